The fourth-order valence-electron chi connectivity index (χ4n) is 2.64. The van der Waals surface area contributed by atoms with Crippen molar-refractivity contribution in [3.63, 3.8) is 0 Å². The van der Waals surface area contributed by atoms with Crippen LogP contribution in [0.4, 0.5) is 24.7 Å². The predicted molar refractivity (Wildman–Crippen MR) is 88.6 cm³/mol. The molecular weight excluding hydrogens is 331 g/mol. The standard InChI is InChI=1S/C18H18F3N3O/c19-18(20,21)15-9-16(24-13-7-2-1-3-8-13)22-11-14(15)17(25)23-10-12-5-4-6-12/h1-3,7-9,11-12H,4-6,10H2,(H,22,24)(H,23,25). The molecule has 7 heteroatoms. The van der Waals surface area contributed by atoms with Crippen molar-refractivity contribution in [2.75, 3.05) is 11.9 Å². The summed E-state index contributed by atoms with van der Waals surface area (Å²) in [5.74, 6) is -0.336. The van der Waals surface area contributed by atoms with Crippen LogP contribution in [0, 0.1) is 5.92 Å². The second-order valence-electron chi connectivity index (χ2n) is 6.11. The van der Waals surface area contributed by atoms with Crippen molar-refractivity contribution < 1.29 is 18.0 Å². The zero-order valence-electron chi connectivity index (χ0n) is 13.4. The van der Waals surface area contributed by atoms with E-state index >= 15 is 0 Å². The summed E-state index contributed by atoms with van der Waals surface area (Å²) in [4.78, 5) is 16.1. The zero-order valence-corrected chi connectivity index (χ0v) is 13.4. The Labute approximate surface area is 143 Å². The van der Waals surface area contributed by atoms with Crippen LogP contribution in [0.2, 0.25) is 0 Å². The Morgan fingerprint density at radius 2 is 1.92 bits per heavy atom. The van der Waals surface area contributed by atoms with Gasteiger partial charge in [-0.1, -0.05) is 24.6 Å². The van der Waals surface area contributed by atoms with Gasteiger partial charge in [0.1, 0.15) is 5.82 Å². The van der Waals surface area contributed by atoms with Crippen molar-refractivity contribution in [2.24, 2.45) is 5.92 Å². The summed E-state index contributed by atoms with van der Waals surface area (Å²) < 4.78 is 40.1. The van der Waals surface area contributed by atoms with Crippen LogP contribution in [0.3, 0.4) is 0 Å². The fourth-order valence-corrected chi connectivity index (χ4v) is 2.64. The summed E-state index contributed by atoms with van der Waals surface area (Å²) in [6.45, 7) is 0.403. The molecule has 0 bridgehead atoms. The van der Waals surface area contributed by atoms with Crippen LogP contribution in [0.1, 0.15) is 35.2 Å². The average molecular weight is 349 g/mol. The molecule has 1 aromatic carbocycles. The van der Waals surface area contributed by atoms with E-state index in [0.29, 0.717) is 18.2 Å². The highest BCUT2D eigenvalue weighted by Gasteiger charge is 2.36. The summed E-state index contributed by atoms with van der Waals surface area (Å²) in [6, 6.07) is 9.62. The monoisotopic (exact) mass is 349 g/mol. The topological polar surface area (TPSA) is 54.0 Å². The third kappa shape index (κ3) is 4.29. The Kier molecular flexibility index (Phi) is 4.92. The minimum Gasteiger partial charge on any atom is -0.352 e. The molecule has 0 aliphatic heterocycles. The van der Waals surface area contributed by atoms with Crippen molar-refractivity contribution in [3.05, 3.63) is 53.7 Å². The number of hydrogen-bond donors (Lipinski definition) is 2. The van der Waals surface area contributed by atoms with Crippen LogP contribution in [-0.2, 0) is 6.18 Å². The van der Waals surface area contributed by atoms with Crippen LogP contribution in [0.15, 0.2) is 42.6 Å². The van der Waals surface area contributed by atoms with Crippen LogP contribution >= 0.6 is 0 Å². The molecule has 1 aromatic heterocycles. The summed E-state index contributed by atoms with van der Waals surface area (Å²) in [6.07, 6.45) is -0.547. The van der Waals surface area contributed by atoms with Crippen molar-refractivity contribution in [2.45, 2.75) is 25.4 Å². The molecule has 0 saturated heterocycles. The van der Waals surface area contributed by atoms with E-state index in [1.807, 2.05) is 0 Å². The number of carbonyl (C=O) groups excluding carboxylic acids is 1. The molecular formula is C18H18F3N3O. The molecule has 1 aliphatic carbocycles. The third-order valence-corrected chi connectivity index (χ3v) is 4.28. The average Bonchev–Trinajstić information content (AvgIpc) is 2.53. The number of aromatic nitrogens is 1. The van der Waals surface area contributed by atoms with Gasteiger partial charge in [0, 0.05) is 18.4 Å². The molecule has 1 heterocycles. The van der Waals surface area contributed by atoms with Gasteiger partial charge in [-0.05, 0) is 37.0 Å². The number of nitrogens with one attached hydrogen (secondary N) is 2. The minimum absolute atomic E-state index is 0.0362. The first kappa shape index (κ1) is 17.3. The van der Waals surface area contributed by atoms with Gasteiger partial charge < -0.3 is 10.6 Å². The predicted octanol–water partition coefficient (Wildman–Crippen LogP) is 4.37. The molecule has 1 amide bonds. The number of benzene rings is 1. The van der Waals surface area contributed by atoms with E-state index in [1.54, 1.807) is 30.3 Å². The van der Waals surface area contributed by atoms with Gasteiger partial charge in [0.25, 0.3) is 5.91 Å². The summed E-state index contributed by atoms with van der Waals surface area (Å²) in [7, 11) is 0. The molecule has 0 radical (unpaired) electrons. The molecule has 0 spiro atoms. The molecule has 2 N–H and O–H groups in total. The third-order valence-electron chi connectivity index (χ3n) is 4.28. The second-order valence-corrected chi connectivity index (χ2v) is 6.11. The van der Waals surface area contributed by atoms with E-state index in [4.69, 9.17) is 0 Å². The van der Waals surface area contributed by atoms with Crippen LogP contribution in [-0.4, -0.2) is 17.4 Å². The SMILES string of the molecule is O=C(NCC1CCC1)c1cnc(Nc2ccccc2)cc1C(F)(F)F. The van der Waals surface area contributed by atoms with Gasteiger partial charge in [0.05, 0.1) is 11.1 Å². The van der Waals surface area contributed by atoms with Gasteiger partial charge in [-0.15, -0.1) is 0 Å². The molecule has 2 aromatic rings. The molecule has 25 heavy (non-hydrogen) atoms. The van der Waals surface area contributed by atoms with E-state index in [-0.39, 0.29) is 5.82 Å². The zero-order chi connectivity index (χ0) is 17.9. The first-order valence-corrected chi connectivity index (χ1v) is 8.11. The lowest BCUT2D eigenvalue weighted by Crippen LogP contribution is -2.33. The van der Waals surface area contributed by atoms with Crippen molar-refractivity contribution >= 4 is 17.4 Å². The van der Waals surface area contributed by atoms with Crippen molar-refractivity contribution in [1.82, 2.24) is 10.3 Å². The Hall–Kier alpha value is -2.57. The molecule has 1 fully saturated rings. The number of pyridine rings is 1. The lowest BCUT2D eigenvalue weighted by Gasteiger charge is -2.25. The number of carbonyl (C=O) groups is 1. The Morgan fingerprint density at radius 1 is 1.20 bits per heavy atom. The minimum atomic E-state index is -4.64. The number of halogens is 3. The van der Waals surface area contributed by atoms with Gasteiger partial charge in [0.15, 0.2) is 0 Å². The largest absolute Gasteiger partial charge is 0.417 e. The number of hydrogen-bond acceptors (Lipinski definition) is 3. The van der Waals surface area contributed by atoms with Gasteiger partial charge in [0.2, 0.25) is 0 Å². The Morgan fingerprint density at radius 3 is 2.52 bits per heavy atom. The van der Waals surface area contributed by atoms with E-state index in [2.05, 4.69) is 15.6 Å². The van der Waals surface area contributed by atoms with E-state index in [9.17, 15) is 18.0 Å². The van der Waals surface area contributed by atoms with Crippen molar-refractivity contribution in [3.8, 4) is 0 Å². The molecule has 132 valence electrons. The Bertz CT molecular complexity index is 743. The van der Waals surface area contributed by atoms with Crippen LogP contribution < -0.4 is 10.6 Å². The fraction of sp³-hybridized carbons (Fsp3) is 0.333. The van der Waals surface area contributed by atoms with Crippen molar-refractivity contribution in [1.29, 1.82) is 0 Å². The van der Waals surface area contributed by atoms with Gasteiger partial charge >= 0.3 is 6.18 Å². The van der Waals surface area contributed by atoms with Crippen LogP contribution in [0.5, 0.6) is 0 Å². The quantitative estimate of drug-likeness (QED) is 0.843. The maximum atomic E-state index is 13.4. The maximum absolute atomic E-state index is 13.4. The van der Waals surface area contributed by atoms with E-state index in [1.165, 1.54) is 0 Å². The smallest absolute Gasteiger partial charge is 0.352 e. The van der Waals surface area contributed by atoms with Gasteiger partial charge in [-0.25, -0.2) is 4.98 Å². The summed E-state index contributed by atoms with van der Waals surface area (Å²) in [5, 5.41) is 5.39. The first-order chi connectivity index (χ1) is 11.9. The number of amides is 1. The summed E-state index contributed by atoms with van der Waals surface area (Å²) in [5.41, 5.74) is -0.831. The Balaban J connectivity index is 1.81. The lowest BCUT2D eigenvalue weighted by molar-refractivity contribution is -0.137. The normalized spacial score (nSPS) is 14.7. The van der Waals surface area contributed by atoms with Gasteiger partial charge in [-0.3, -0.25) is 4.79 Å². The van der Waals surface area contributed by atoms with Gasteiger partial charge in [-0.2, -0.15) is 13.2 Å². The van der Waals surface area contributed by atoms with E-state index in [0.717, 1.165) is 31.5 Å². The first-order valence-electron chi connectivity index (χ1n) is 8.11. The van der Waals surface area contributed by atoms with Crippen LogP contribution in [0.25, 0.3) is 0 Å². The number of rotatable bonds is 5. The highest BCUT2D eigenvalue weighted by molar-refractivity contribution is 5.96. The molecule has 0 unspecified atom stereocenters. The lowest BCUT2D eigenvalue weighted by atomic mass is 9.85. The molecule has 3 rings (SSSR count). The molecule has 0 atom stereocenters. The number of para-hydroxylation sites is 1. The highest BCUT2D eigenvalue weighted by Crippen LogP contribution is 2.34. The second kappa shape index (κ2) is 7.13. The molecule has 1 saturated carbocycles. The molecule has 1 aliphatic rings. The maximum Gasteiger partial charge on any atom is 0.417 e. The number of alkyl halides is 3. The molecule has 4 nitrogen and oxygen atoms in total. The highest BCUT2D eigenvalue weighted by atomic mass is 19.4. The van der Waals surface area contributed by atoms with E-state index < -0.39 is 23.2 Å². The number of anilines is 2. The summed E-state index contributed by atoms with van der Waals surface area (Å²) >= 11 is 0. The number of nitrogens with zero attached hydrogens (tertiary/aromatic N) is 1.